The molecular weight excluding hydrogens is 341 g/mol. The molecule has 17 heavy (non-hydrogen) atoms. The Morgan fingerprint density at radius 2 is 2.06 bits per heavy atom. The summed E-state index contributed by atoms with van der Waals surface area (Å²) in [6.07, 6.45) is 2.59. The first kappa shape index (κ1) is 11.7. The molecule has 3 rings (SSSR count). The number of nitrogens with zero attached hydrogens (tertiary/aromatic N) is 1. The summed E-state index contributed by atoms with van der Waals surface area (Å²) in [6.45, 7) is 1.21. The summed E-state index contributed by atoms with van der Waals surface area (Å²) in [5.41, 5.74) is 2.90. The molecule has 0 amide bonds. The van der Waals surface area contributed by atoms with Gasteiger partial charge in [0.1, 0.15) is 0 Å². The van der Waals surface area contributed by atoms with Crippen LogP contribution in [0.4, 0.5) is 0 Å². The molecule has 1 fully saturated rings. The molecule has 0 saturated carbocycles. The van der Waals surface area contributed by atoms with Crippen LogP contribution < -0.4 is 0 Å². The molecule has 0 bridgehead atoms. The van der Waals surface area contributed by atoms with Gasteiger partial charge in [-0.25, -0.2) is 3.11 Å². The second-order valence-corrected chi connectivity index (χ2v) is 6.53. The van der Waals surface area contributed by atoms with Crippen molar-refractivity contribution in [3.8, 4) is 10.4 Å². The first-order valence-electron chi connectivity index (χ1n) is 5.91. The van der Waals surface area contributed by atoms with E-state index < -0.39 is 0 Å². The number of hydrogen-bond donors (Lipinski definition) is 0. The Hall–Kier alpha value is -0.390. The highest BCUT2D eigenvalue weighted by Crippen LogP contribution is 2.40. The van der Waals surface area contributed by atoms with E-state index in [0.717, 1.165) is 0 Å². The molecule has 1 saturated heterocycles. The largest absolute Gasteiger partial charge is 0.240 e. The van der Waals surface area contributed by atoms with E-state index in [1.807, 2.05) is 11.3 Å². The van der Waals surface area contributed by atoms with Gasteiger partial charge in [-0.05, 0) is 35.4 Å². The van der Waals surface area contributed by atoms with Crippen molar-refractivity contribution in [1.29, 1.82) is 0 Å². The molecule has 0 N–H and O–H groups in total. The Balaban J connectivity index is 2.05. The van der Waals surface area contributed by atoms with Gasteiger partial charge in [-0.2, -0.15) is 0 Å². The molecule has 2 aromatic rings. The third-order valence-electron chi connectivity index (χ3n) is 3.29. The zero-order valence-electron chi connectivity index (χ0n) is 9.47. The molecule has 0 radical (unpaired) electrons. The lowest BCUT2D eigenvalue weighted by atomic mass is 9.98. The lowest BCUT2D eigenvalue weighted by molar-refractivity contribution is 0.490. The summed E-state index contributed by atoms with van der Waals surface area (Å²) in [5.74, 6) is 0. The lowest BCUT2D eigenvalue weighted by Crippen LogP contribution is -2.11. The first-order chi connectivity index (χ1) is 8.36. The molecule has 1 atom stereocenters. The van der Waals surface area contributed by atoms with Gasteiger partial charge in [0.15, 0.2) is 0 Å². The fourth-order valence-corrected chi connectivity index (χ4v) is 4.18. The highest BCUT2D eigenvalue weighted by Gasteiger charge is 2.26. The highest BCUT2D eigenvalue weighted by atomic mass is 127. The summed E-state index contributed by atoms with van der Waals surface area (Å²) in [6, 6.07) is 13.8. The van der Waals surface area contributed by atoms with E-state index in [1.54, 1.807) is 0 Å². The standard InChI is InChI=1S/C14H14INS/c15-16-9-3-7-13(16)11-5-1-2-6-12(11)14-8-4-10-17-14/h1-2,4-6,8,10,13H,3,7,9H2. The third-order valence-corrected chi connectivity index (χ3v) is 5.35. The maximum atomic E-state index is 2.47. The van der Waals surface area contributed by atoms with Gasteiger partial charge in [-0.15, -0.1) is 11.3 Å². The zero-order valence-corrected chi connectivity index (χ0v) is 12.4. The van der Waals surface area contributed by atoms with Crippen LogP contribution in [0.1, 0.15) is 24.4 Å². The fraction of sp³-hybridized carbons (Fsp3) is 0.286. The van der Waals surface area contributed by atoms with E-state index >= 15 is 0 Å². The molecule has 3 heteroatoms. The molecule has 1 nitrogen and oxygen atoms in total. The van der Waals surface area contributed by atoms with Crippen LogP contribution >= 0.6 is 34.2 Å². The van der Waals surface area contributed by atoms with Crippen molar-refractivity contribution in [2.45, 2.75) is 18.9 Å². The quantitative estimate of drug-likeness (QED) is 0.547. The minimum atomic E-state index is 0.592. The van der Waals surface area contributed by atoms with Gasteiger partial charge in [0, 0.05) is 40.3 Å². The summed E-state index contributed by atoms with van der Waals surface area (Å²) in [5, 5.41) is 2.16. The molecule has 88 valence electrons. The Bertz CT molecular complexity index is 495. The van der Waals surface area contributed by atoms with Crippen LogP contribution in [0.25, 0.3) is 10.4 Å². The second kappa shape index (κ2) is 5.08. The molecule has 1 aromatic carbocycles. The van der Waals surface area contributed by atoms with Gasteiger partial charge in [-0.1, -0.05) is 30.3 Å². The molecule has 0 spiro atoms. The van der Waals surface area contributed by atoms with Crippen molar-refractivity contribution in [3.05, 3.63) is 47.3 Å². The van der Waals surface area contributed by atoms with E-state index in [0.29, 0.717) is 6.04 Å². The van der Waals surface area contributed by atoms with Gasteiger partial charge in [0.2, 0.25) is 0 Å². The SMILES string of the molecule is IN1CCCC1c1ccccc1-c1cccs1. The first-order valence-corrected chi connectivity index (χ1v) is 7.76. The van der Waals surface area contributed by atoms with Gasteiger partial charge < -0.3 is 0 Å². The highest BCUT2D eigenvalue weighted by molar-refractivity contribution is 14.1. The van der Waals surface area contributed by atoms with E-state index in [4.69, 9.17) is 0 Å². The Morgan fingerprint density at radius 3 is 2.76 bits per heavy atom. The zero-order chi connectivity index (χ0) is 11.7. The van der Waals surface area contributed by atoms with Crippen LogP contribution in [0.3, 0.4) is 0 Å². The maximum absolute atomic E-state index is 2.47. The number of benzene rings is 1. The average molecular weight is 355 g/mol. The fourth-order valence-electron chi connectivity index (χ4n) is 2.48. The average Bonchev–Trinajstić information content (AvgIpc) is 3.00. The number of thiophene rings is 1. The molecule has 1 unspecified atom stereocenters. The predicted octanol–water partition coefficient (Wildman–Crippen LogP) is 4.90. The van der Waals surface area contributed by atoms with Gasteiger partial charge in [0.25, 0.3) is 0 Å². The number of hydrogen-bond acceptors (Lipinski definition) is 2. The molecular formula is C14H14INS. The van der Waals surface area contributed by atoms with E-state index in [-0.39, 0.29) is 0 Å². The third kappa shape index (κ3) is 2.28. The Kier molecular flexibility index (Phi) is 3.49. The normalized spacial score (nSPS) is 20.9. The Morgan fingerprint density at radius 1 is 1.18 bits per heavy atom. The van der Waals surface area contributed by atoms with Crippen LogP contribution in [0.2, 0.25) is 0 Å². The topological polar surface area (TPSA) is 3.24 Å². The minimum Gasteiger partial charge on any atom is -0.240 e. The van der Waals surface area contributed by atoms with E-state index in [2.05, 4.69) is 67.8 Å². The second-order valence-electron chi connectivity index (χ2n) is 4.35. The number of halogens is 1. The summed E-state index contributed by atoms with van der Waals surface area (Å²) >= 11 is 4.30. The van der Waals surface area contributed by atoms with Gasteiger partial charge >= 0.3 is 0 Å². The Labute approximate surface area is 120 Å². The summed E-state index contributed by atoms with van der Waals surface area (Å²) in [4.78, 5) is 1.39. The number of rotatable bonds is 2. The van der Waals surface area contributed by atoms with Crippen molar-refractivity contribution in [1.82, 2.24) is 3.11 Å². The smallest absolute Gasteiger partial charge is 0.0450 e. The van der Waals surface area contributed by atoms with Gasteiger partial charge in [-0.3, -0.25) is 0 Å². The maximum Gasteiger partial charge on any atom is 0.0450 e. The van der Waals surface area contributed by atoms with Crippen molar-refractivity contribution >= 4 is 34.2 Å². The minimum absolute atomic E-state index is 0.592. The molecule has 1 aromatic heterocycles. The molecule has 2 heterocycles. The van der Waals surface area contributed by atoms with Crippen LogP contribution in [0.5, 0.6) is 0 Å². The summed E-state index contributed by atoms with van der Waals surface area (Å²) < 4.78 is 2.45. The van der Waals surface area contributed by atoms with E-state index in [1.165, 1.54) is 35.4 Å². The van der Waals surface area contributed by atoms with Crippen LogP contribution in [-0.2, 0) is 0 Å². The predicted molar refractivity (Wildman–Crippen MR) is 82.5 cm³/mol. The van der Waals surface area contributed by atoms with Crippen molar-refractivity contribution in [2.75, 3.05) is 6.54 Å². The van der Waals surface area contributed by atoms with Crippen molar-refractivity contribution in [3.63, 3.8) is 0 Å². The molecule has 0 aliphatic carbocycles. The molecule has 1 aliphatic rings. The lowest BCUT2D eigenvalue weighted by Gasteiger charge is -2.20. The van der Waals surface area contributed by atoms with Crippen LogP contribution in [0, 0.1) is 0 Å². The van der Waals surface area contributed by atoms with Gasteiger partial charge in [0.05, 0.1) is 0 Å². The van der Waals surface area contributed by atoms with Crippen molar-refractivity contribution in [2.24, 2.45) is 0 Å². The van der Waals surface area contributed by atoms with E-state index in [9.17, 15) is 0 Å². The monoisotopic (exact) mass is 355 g/mol. The van der Waals surface area contributed by atoms with Crippen molar-refractivity contribution < 1.29 is 0 Å². The summed E-state index contributed by atoms with van der Waals surface area (Å²) in [7, 11) is 0. The van der Waals surface area contributed by atoms with Crippen LogP contribution in [-0.4, -0.2) is 9.66 Å². The molecule has 1 aliphatic heterocycles. The van der Waals surface area contributed by atoms with Crippen LogP contribution in [0.15, 0.2) is 41.8 Å².